The van der Waals surface area contributed by atoms with Crippen LogP contribution in [0.25, 0.3) is 0 Å². The normalized spacial score (nSPS) is 25.7. The summed E-state index contributed by atoms with van der Waals surface area (Å²) in [5, 5.41) is 14.5. The summed E-state index contributed by atoms with van der Waals surface area (Å²) < 4.78 is 5.32. The second-order valence-electron chi connectivity index (χ2n) is 6.47. The molecule has 116 valence electrons. The first-order valence-corrected chi connectivity index (χ1v) is 7.01. The van der Waals surface area contributed by atoms with E-state index >= 15 is 0 Å². The zero-order valence-electron chi connectivity index (χ0n) is 12.9. The largest absolute Gasteiger partial charge is 0.480 e. The van der Waals surface area contributed by atoms with Crippen LogP contribution >= 0.6 is 0 Å². The molecule has 1 saturated carbocycles. The lowest BCUT2D eigenvalue weighted by atomic mass is 9.64. The van der Waals surface area contributed by atoms with Gasteiger partial charge < -0.3 is 20.5 Å². The molecule has 3 N–H and O–H groups in total. The van der Waals surface area contributed by atoms with Gasteiger partial charge in [0.05, 0.1) is 6.10 Å². The first-order chi connectivity index (χ1) is 9.18. The number of rotatable bonds is 6. The highest BCUT2D eigenvalue weighted by atomic mass is 16.5. The summed E-state index contributed by atoms with van der Waals surface area (Å²) in [6.45, 7) is 7.90. The van der Waals surface area contributed by atoms with E-state index in [-0.39, 0.29) is 23.5 Å². The van der Waals surface area contributed by atoms with Crippen molar-refractivity contribution in [1.29, 1.82) is 0 Å². The summed E-state index contributed by atoms with van der Waals surface area (Å²) in [6, 6.07) is -1.27. The Labute approximate surface area is 120 Å². The molecular weight excluding hydrogens is 260 g/mol. The van der Waals surface area contributed by atoms with Crippen LogP contribution < -0.4 is 10.6 Å². The Morgan fingerprint density at radius 2 is 2.00 bits per heavy atom. The number of nitrogens with one attached hydrogen (secondary N) is 2. The lowest BCUT2D eigenvalue weighted by molar-refractivity contribution is -0.139. The van der Waals surface area contributed by atoms with Gasteiger partial charge in [-0.25, -0.2) is 9.59 Å². The average Bonchev–Trinajstić information content (AvgIpc) is 2.32. The van der Waals surface area contributed by atoms with Crippen molar-refractivity contribution in [2.75, 3.05) is 7.11 Å². The maximum Gasteiger partial charge on any atom is 0.326 e. The summed E-state index contributed by atoms with van der Waals surface area (Å²) in [5.41, 5.74) is -0.136. The second kappa shape index (κ2) is 6.43. The lowest BCUT2D eigenvalue weighted by Crippen LogP contribution is -2.63. The molecule has 0 saturated heterocycles. The number of ether oxygens (including phenoxy) is 1. The molecule has 6 heteroatoms. The minimum absolute atomic E-state index is 0.000875. The van der Waals surface area contributed by atoms with Gasteiger partial charge in [0.15, 0.2) is 0 Å². The number of carboxylic acids is 1. The Hall–Kier alpha value is -1.30. The number of urea groups is 1. The average molecular weight is 286 g/mol. The first kappa shape index (κ1) is 16.8. The summed E-state index contributed by atoms with van der Waals surface area (Å²) >= 11 is 0. The number of hydrogen-bond acceptors (Lipinski definition) is 3. The van der Waals surface area contributed by atoms with Crippen LogP contribution in [-0.4, -0.2) is 42.4 Å². The molecule has 0 radical (unpaired) electrons. The fourth-order valence-corrected chi connectivity index (χ4v) is 2.58. The van der Waals surface area contributed by atoms with Gasteiger partial charge in [0.2, 0.25) is 0 Å². The highest BCUT2D eigenvalue weighted by Gasteiger charge is 2.49. The highest BCUT2D eigenvalue weighted by molar-refractivity contribution is 5.82. The summed E-state index contributed by atoms with van der Waals surface area (Å²) in [5.74, 6) is -0.800. The second-order valence-corrected chi connectivity index (χ2v) is 6.47. The maximum absolute atomic E-state index is 11.9. The molecule has 2 unspecified atom stereocenters. The van der Waals surface area contributed by atoms with Gasteiger partial charge in [-0.1, -0.05) is 27.7 Å². The molecule has 20 heavy (non-hydrogen) atoms. The Kier molecular flexibility index (Phi) is 5.39. The van der Waals surface area contributed by atoms with Gasteiger partial charge in [-0.15, -0.1) is 0 Å². The molecule has 0 aromatic rings. The van der Waals surface area contributed by atoms with Crippen molar-refractivity contribution in [3.63, 3.8) is 0 Å². The third kappa shape index (κ3) is 3.85. The van der Waals surface area contributed by atoms with Crippen LogP contribution in [0.5, 0.6) is 0 Å². The Bertz CT molecular complexity index is 368. The molecule has 0 aromatic heterocycles. The standard InChI is InChI=1S/C14H26N2O4/c1-8(2)6-9(12(17)18)15-13(19)16-10-7-11(20-5)14(10,3)4/h8-11H,6-7H2,1-5H3,(H,17,18)(H2,15,16,19)/t9-,10?,11?/m0/s1. The Balaban J connectivity index is 2.49. The number of methoxy groups -OCH3 is 1. The Morgan fingerprint density at radius 3 is 2.40 bits per heavy atom. The monoisotopic (exact) mass is 286 g/mol. The number of hydrogen-bond donors (Lipinski definition) is 3. The zero-order chi connectivity index (χ0) is 15.5. The summed E-state index contributed by atoms with van der Waals surface area (Å²) in [6.07, 6.45) is 1.29. The number of aliphatic carboxylic acids is 1. The van der Waals surface area contributed by atoms with E-state index in [1.807, 2.05) is 27.7 Å². The molecule has 0 aliphatic heterocycles. The number of carbonyl (C=O) groups is 2. The van der Waals surface area contributed by atoms with Gasteiger partial charge in [-0.3, -0.25) is 0 Å². The van der Waals surface area contributed by atoms with Gasteiger partial charge in [-0.2, -0.15) is 0 Å². The van der Waals surface area contributed by atoms with Crippen LogP contribution in [0, 0.1) is 11.3 Å². The van der Waals surface area contributed by atoms with E-state index in [0.717, 1.165) is 6.42 Å². The fraction of sp³-hybridized carbons (Fsp3) is 0.857. The molecule has 6 nitrogen and oxygen atoms in total. The first-order valence-electron chi connectivity index (χ1n) is 7.01. The molecule has 0 bridgehead atoms. The van der Waals surface area contributed by atoms with E-state index in [1.54, 1.807) is 7.11 Å². The molecule has 0 spiro atoms. The van der Waals surface area contributed by atoms with Crippen molar-refractivity contribution in [2.45, 2.75) is 58.7 Å². The third-order valence-corrected chi connectivity index (χ3v) is 4.08. The van der Waals surface area contributed by atoms with Gasteiger partial charge in [0.25, 0.3) is 0 Å². The van der Waals surface area contributed by atoms with Crippen LogP contribution in [0.15, 0.2) is 0 Å². The van der Waals surface area contributed by atoms with E-state index in [0.29, 0.717) is 6.42 Å². The van der Waals surface area contributed by atoms with Crippen molar-refractivity contribution >= 4 is 12.0 Å². The smallest absolute Gasteiger partial charge is 0.326 e. The quantitative estimate of drug-likeness (QED) is 0.692. The molecule has 1 aliphatic carbocycles. The minimum atomic E-state index is -1.00. The molecule has 2 amide bonds. The van der Waals surface area contributed by atoms with Crippen LogP contribution in [-0.2, 0) is 9.53 Å². The Morgan fingerprint density at radius 1 is 1.40 bits per heavy atom. The van der Waals surface area contributed by atoms with E-state index in [1.165, 1.54) is 0 Å². The van der Waals surface area contributed by atoms with Crippen molar-refractivity contribution in [3.05, 3.63) is 0 Å². The third-order valence-electron chi connectivity index (χ3n) is 4.08. The van der Waals surface area contributed by atoms with Crippen molar-refractivity contribution in [3.8, 4) is 0 Å². The van der Waals surface area contributed by atoms with Crippen molar-refractivity contribution < 1.29 is 19.4 Å². The molecule has 1 fully saturated rings. The number of carbonyl (C=O) groups excluding carboxylic acids is 1. The van der Waals surface area contributed by atoms with E-state index in [9.17, 15) is 9.59 Å². The lowest BCUT2D eigenvalue weighted by Gasteiger charge is -2.51. The van der Waals surface area contributed by atoms with Gasteiger partial charge >= 0.3 is 12.0 Å². The van der Waals surface area contributed by atoms with E-state index < -0.39 is 18.0 Å². The molecule has 0 aromatic carbocycles. The highest BCUT2D eigenvalue weighted by Crippen LogP contribution is 2.42. The van der Waals surface area contributed by atoms with Crippen LogP contribution in [0.4, 0.5) is 4.79 Å². The van der Waals surface area contributed by atoms with E-state index in [4.69, 9.17) is 9.84 Å². The van der Waals surface area contributed by atoms with E-state index in [2.05, 4.69) is 10.6 Å². The fourth-order valence-electron chi connectivity index (χ4n) is 2.58. The number of carboxylic acid groups (broad SMARTS) is 1. The molecule has 1 rings (SSSR count). The number of amides is 2. The van der Waals surface area contributed by atoms with Crippen LogP contribution in [0.1, 0.15) is 40.5 Å². The summed E-state index contributed by atoms with van der Waals surface area (Å²) in [7, 11) is 1.66. The van der Waals surface area contributed by atoms with Crippen molar-refractivity contribution in [2.24, 2.45) is 11.3 Å². The summed E-state index contributed by atoms with van der Waals surface area (Å²) in [4.78, 5) is 23.0. The van der Waals surface area contributed by atoms with Gasteiger partial charge in [-0.05, 0) is 18.8 Å². The minimum Gasteiger partial charge on any atom is -0.480 e. The topological polar surface area (TPSA) is 87.7 Å². The molecular formula is C14H26N2O4. The zero-order valence-corrected chi connectivity index (χ0v) is 12.9. The molecule has 0 heterocycles. The van der Waals surface area contributed by atoms with Crippen LogP contribution in [0.2, 0.25) is 0 Å². The predicted octanol–water partition coefficient (Wildman–Crippen LogP) is 1.60. The van der Waals surface area contributed by atoms with Gasteiger partial charge in [0.1, 0.15) is 6.04 Å². The predicted molar refractivity (Wildman–Crippen MR) is 75.5 cm³/mol. The molecule has 3 atom stereocenters. The SMILES string of the molecule is COC1CC(NC(=O)N[C@@H](CC(C)C)C(=O)O)C1(C)C. The van der Waals surface area contributed by atoms with Gasteiger partial charge in [0, 0.05) is 18.6 Å². The maximum atomic E-state index is 11.9. The van der Waals surface area contributed by atoms with Crippen LogP contribution in [0.3, 0.4) is 0 Å². The molecule has 1 aliphatic rings. The van der Waals surface area contributed by atoms with Crippen molar-refractivity contribution in [1.82, 2.24) is 10.6 Å².